The summed E-state index contributed by atoms with van der Waals surface area (Å²) in [6.07, 6.45) is 2.30. The third-order valence-electron chi connectivity index (χ3n) is 7.50. The fraction of sp³-hybridized carbons (Fsp3) is 0.414. The molecule has 0 aliphatic carbocycles. The first-order valence-electron chi connectivity index (χ1n) is 14.0. The first-order chi connectivity index (χ1) is 21.3. The third kappa shape index (κ3) is 7.43. The molecule has 0 atom stereocenters. The number of pyridine rings is 1. The first kappa shape index (κ1) is 33.4. The molecule has 16 heteroatoms. The smallest absolute Gasteiger partial charge is 0.330 e. The highest BCUT2D eigenvalue weighted by atomic mass is 32.1. The Morgan fingerprint density at radius 1 is 1.16 bits per heavy atom. The van der Waals surface area contributed by atoms with Gasteiger partial charge in [0.05, 0.1) is 23.6 Å². The highest BCUT2D eigenvalue weighted by molar-refractivity contribution is 7.80. The second kappa shape index (κ2) is 13.7. The average molecular weight is 647 g/mol. The number of aromatic nitrogens is 4. The van der Waals surface area contributed by atoms with Crippen LogP contribution in [0.3, 0.4) is 0 Å². The summed E-state index contributed by atoms with van der Waals surface area (Å²) in [5.41, 5.74) is -0.963. The number of alkyl halides is 3. The van der Waals surface area contributed by atoms with E-state index in [-0.39, 0.29) is 29.3 Å². The second-order valence-electron chi connectivity index (χ2n) is 11.0. The number of rotatable bonds is 12. The predicted molar refractivity (Wildman–Crippen MR) is 157 cm³/mol. The van der Waals surface area contributed by atoms with Crippen molar-refractivity contribution < 1.29 is 32.4 Å². The summed E-state index contributed by atoms with van der Waals surface area (Å²) in [7, 11) is 0. The van der Waals surface area contributed by atoms with Crippen molar-refractivity contribution in [2.24, 2.45) is 0 Å². The number of thiocarbonyl (C=S) groups is 1. The lowest BCUT2D eigenvalue weighted by Gasteiger charge is -2.29. The molecule has 45 heavy (non-hydrogen) atoms. The lowest BCUT2D eigenvalue weighted by molar-refractivity contribution is -0.138. The lowest BCUT2D eigenvalue weighted by atomic mass is 10.0. The van der Waals surface area contributed by atoms with Gasteiger partial charge in [-0.25, -0.2) is 14.9 Å². The highest BCUT2D eigenvalue weighted by Gasteiger charge is 2.50. The molecule has 1 saturated heterocycles. The SMILES string of the molecule is CC1(C)C(=O)N(c2cnc(C#N)c(C(F)(F)F)c2)C(=S)N1Cc1ccc(-c2cn(CCCCCCCC(=O)NO)nn2)cc1F. The zero-order chi connectivity index (χ0) is 32.9. The van der Waals surface area contributed by atoms with E-state index in [1.165, 1.54) is 36.9 Å². The monoisotopic (exact) mass is 646 g/mol. The summed E-state index contributed by atoms with van der Waals surface area (Å²) in [6.45, 7) is 3.52. The minimum absolute atomic E-state index is 0.133. The number of carbonyl (C=O) groups is 2. The van der Waals surface area contributed by atoms with Gasteiger partial charge < -0.3 is 4.90 Å². The molecule has 3 heterocycles. The summed E-state index contributed by atoms with van der Waals surface area (Å²) in [5.74, 6) is -1.63. The van der Waals surface area contributed by atoms with E-state index in [0.717, 1.165) is 36.8 Å². The molecule has 2 amide bonds. The fourth-order valence-electron chi connectivity index (χ4n) is 4.90. The molecule has 0 bridgehead atoms. The molecule has 0 saturated carbocycles. The van der Waals surface area contributed by atoms with Crippen LogP contribution in [0.5, 0.6) is 0 Å². The predicted octanol–water partition coefficient (Wildman–Crippen LogP) is 5.13. The van der Waals surface area contributed by atoms with Gasteiger partial charge in [-0.2, -0.15) is 18.4 Å². The number of halogens is 4. The number of hydrogen-bond acceptors (Lipinski definition) is 8. The normalized spacial score (nSPS) is 14.6. The molecule has 3 aromatic rings. The van der Waals surface area contributed by atoms with Gasteiger partial charge in [0.25, 0.3) is 5.91 Å². The van der Waals surface area contributed by atoms with E-state index in [4.69, 9.17) is 22.7 Å². The summed E-state index contributed by atoms with van der Waals surface area (Å²) in [4.78, 5) is 30.3. The molecule has 238 valence electrons. The Labute approximate surface area is 261 Å². The van der Waals surface area contributed by atoms with Crippen LogP contribution in [0.1, 0.15) is 69.2 Å². The Morgan fingerprint density at radius 3 is 2.53 bits per heavy atom. The maximum atomic E-state index is 15.4. The van der Waals surface area contributed by atoms with Crippen molar-refractivity contribution in [2.45, 2.75) is 77.2 Å². The number of benzene rings is 1. The molecule has 0 spiro atoms. The van der Waals surface area contributed by atoms with E-state index >= 15 is 4.39 Å². The van der Waals surface area contributed by atoms with Crippen molar-refractivity contribution in [2.75, 3.05) is 4.90 Å². The van der Waals surface area contributed by atoms with E-state index in [0.29, 0.717) is 30.3 Å². The fourth-order valence-corrected chi connectivity index (χ4v) is 5.38. The molecule has 2 aromatic heterocycles. The van der Waals surface area contributed by atoms with Gasteiger partial charge in [0, 0.05) is 30.6 Å². The lowest BCUT2D eigenvalue weighted by Crippen LogP contribution is -2.43. The molecule has 1 aliphatic rings. The number of amides is 2. The summed E-state index contributed by atoms with van der Waals surface area (Å²) in [5, 5.41) is 25.7. The number of hydrogen-bond donors (Lipinski definition) is 2. The number of nitrogens with zero attached hydrogens (tertiary/aromatic N) is 7. The third-order valence-corrected chi connectivity index (χ3v) is 7.90. The van der Waals surface area contributed by atoms with Crippen molar-refractivity contribution in [3.8, 4) is 17.3 Å². The molecule has 11 nitrogen and oxygen atoms in total. The number of nitrogens with one attached hydrogen (secondary N) is 1. The minimum Gasteiger partial charge on any atom is -0.330 e. The molecule has 1 aliphatic heterocycles. The Balaban J connectivity index is 1.42. The van der Waals surface area contributed by atoms with Gasteiger partial charge in [0.1, 0.15) is 23.1 Å². The zero-order valence-corrected chi connectivity index (χ0v) is 25.3. The van der Waals surface area contributed by atoms with E-state index in [1.54, 1.807) is 22.4 Å². The largest absolute Gasteiger partial charge is 0.419 e. The van der Waals surface area contributed by atoms with Crippen molar-refractivity contribution in [1.29, 1.82) is 5.26 Å². The quantitative estimate of drug-likeness (QED) is 0.0901. The zero-order valence-electron chi connectivity index (χ0n) is 24.4. The maximum absolute atomic E-state index is 15.4. The number of nitriles is 1. The summed E-state index contributed by atoms with van der Waals surface area (Å²) < 4.78 is 57.7. The van der Waals surface area contributed by atoms with Gasteiger partial charge >= 0.3 is 6.18 Å². The molecule has 0 unspecified atom stereocenters. The van der Waals surface area contributed by atoms with Crippen LogP contribution in [-0.4, -0.2) is 52.6 Å². The molecule has 1 aromatic carbocycles. The first-order valence-corrected chi connectivity index (χ1v) is 14.4. The molecule has 1 fully saturated rings. The average Bonchev–Trinajstić information content (AvgIpc) is 3.53. The molecular formula is C29H30F4N8O3S. The highest BCUT2D eigenvalue weighted by Crippen LogP contribution is 2.38. The Hall–Kier alpha value is -4.49. The minimum atomic E-state index is -4.88. The Bertz CT molecular complexity index is 1640. The Kier molecular flexibility index (Phi) is 10.1. The maximum Gasteiger partial charge on any atom is 0.419 e. The molecule has 4 rings (SSSR count). The number of carbonyl (C=O) groups excluding carboxylic acids is 2. The van der Waals surface area contributed by atoms with Crippen LogP contribution in [0.25, 0.3) is 11.3 Å². The van der Waals surface area contributed by atoms with Gasteiger partial charge in [0.15, 0.2) is 10.8 Å². The van der Waals surface area contributed by atoms with Gasteiger partial charge in [-0.05, 0) is 51.0 Å². The number of unbranched alkanes of at least 4 members (excludes halogenated alkanes) is 4. The topological polar surface area (TPSA) is 140 Å². The number of hydroxylamine groups is 1. The van der Waals surface area contributed by atoms with Crippen molar-refractivity contribution in [3.63, 3.8) is 0 Å². The van der Waals surface area contributed by atoms with E-state index < -0.39 is 40.6 Å². The van der Waals surface area contributed by atoms with Crippen LogP contribution < -0.4 is 10.4 Å². The van der Waals surface area contributed by atoms with Gasteiger partial charge in [-0.15, -0.1) is 5.10 Å². The molecular weight excluding hydrogens is 616 g/mol. The van der Waals surface area contributed by atoms with Crippen molar-refractivity contribution in [3.05, 3.63) is 59.3 Å². The summed E-state index contributed by atoms with van der Waals surface area (Å²) in [6, 6.07) is 6.52. The van der Waals surface area contributed by atoms with E-state index in [9.17, 15) is 22.8 Å². The van der Waals surface area contributed by atoms with Crippen LogP contribution in [0.4, 0.5) is 23.2 Å². The van der Waals surface area contributed by atoms with E-state index in [1.807, 2.05) is 0 Å². The van der Waals surface area contributed by atoms with Gasteiger partial charge in [0.2, 0.25) is 5.91 Å². The van der Waals surface area contributed by atoms with Crippen molar-refractivity contribution in [1.82, 2.24) is 30.4 Å². The number of aryl methyl sites for hydroxylation is 1. The Morgan fingerprint density at radius 2 is 1.87 bits per heavy atom. The van der Waals surface area contributed by atoms with Crippen molar-refractivity contribution >= 4 is 34.8 Å². The van der Waals surface area contributed by atoms with Crippen LogP contribution in [0.15, 0.2) is 36.7 Å². The van der Waals surface area contributed by atoms with Crippen LogP contribution in [0.2, 0.25) is 0 Å². The standard InChI is InChI=1S/C29H30F4N8O3S/c1-28(2)26(43)41(20-13-21(29(31,32)33)23(14-34)35-15-20)27(45)40(28)16-19-10-9-18(12-22(19)30)24-17-39(38-36-24)11-7-5-3-4-6-8-25(42)37-44/h9-10,12-13,15,17,44H,3-8,11,16H2,1-2H3,(H,37,42). The van der Waals surface area contributed by atoms with Crippen LogP contribution in [0, 0.1) is 17.1 Å². The molecule has 0 radical (unpaired) electrons. The molecule has 2 N–H and O–H groups in total. The number of anilines is 1. The van der Waals surface area contributed by atoms with E-state index in [2.05, 4.69) is 15.3 Å². The van der Waals surface area contributed by atoms with Crippen LogP contribution >= 0.6 is 12.2 Å². The second-order valence-corrected chi connectivity index (χ2v) is 11.4. The van der Waals surface area contributed by atoms with Crippen LogP contribution in [-0.2, 0) is 28.9 Å². The van der Waals surface area contributed by atoms with Gasteiger partial charge in [-0.3, -0.25) is 24.4 Å². The summed E-state index contributed by atoms with van der Waals surface area (Å²) >= 11 is 5.48. The van der Waals surface area contributed by atoms with Gasteiger partial charge in [-0.1, -0.05) is 36.6 Å².